The summed E-state index contributed by atoms with van der Waals surface area (Å²) >= 11 is 0. The number of anilines is 1. The van der Waals surface area contributed by atoms with Gasteiger partial charge in [-0.3, -0.25) is 9.59 Å². The highest BCUT2D eigenvalue weighted by molar-refractivity contribution is 5.92. The van der Waals surface area contributed by atoms with Crippen molar-refractivity contribution in [3.05, 3.63) is 18.2 Å². The van der Waals surface area contributed by atoms with E-state index < -0.39 is 0 Å². The zero-order valence-electron chi connectivity index (χ0n) is 15.2. The van der Waals surface area contributed by atoms with E-state index in [0.717, 1.165) is 6.42 Å². The van der Waals surface area contributed by atoms with Crippen molar-refractivity contribution < 1.29 is 19.1 Å². The quantitative estimate of drug-likeness (QED) is 0.753. The van der Waals surface area contributed by atoms with Crippen LogP contribution in [0.1, 0.15) is 33.6 Å². The lowest BCUT2D eigenvalue weighted by Gasteiger charge is -2.22. The van der Waals surface area contributed by atoms with Crippen LogP contribution in [-0.4, -0.2) is 39.1 Å². The Balaban J connectivity index is 2.71. The maximum atomic E-state index is 11.9. The van der Waals surface area contributed by atoms with Gasteiger partial charge in [0, 0.05) is 38.2 Å². The molecule has 1 aromatic carbocycles. The highest BCUT2D eigenvalue weighted by Crippen LogP contribution is 2.31. The average molecular weight is 336 g/mol. The Kier molecular flexibility index (Phi) is 8.09. The van der Waals surface area contributed by atoms with Crippen LogP contribution in [-0.2, 0) is 9.59 Å². The van der Waals surface area contributed by atoms with Gasteiger partial charge in [0.1, 0.15) is 0 Å². The van der Waals surface area contributed by atoms with Crippen molar-refractivity contribution in [2.45, 2.75) is 33.6 Å². The molecule has 1 N–H and O–H groups in total. The molecule has 1 rings (SSSR count). The van der Waals surface area contributed by atoms with Crippen LogP contribution < -0.4 is 19.7 Å². The lowest BCUT2D eigenvalue weighted by molar-refractivity contribution is -0.121. The number of hydrogen-bond donors (Lipinski definition) is 1. The molecule has 1 aromatic rings. The van der Waals surface area contributed by atoms with Gasteiger partial charge in [0.15, 0.2) is 11.5 Å². The fourth-order valence-electron chi connectivity index (χ4n) is 2.26. The molecule has 2 amide bonds. The van der Waals surface area contributed by atoms with Crippen LogP contribution in [0.25, 0.3) is 0 Å². The summed E-state index contributed by atoms with van der Waals surface area (Å²) in [7, 11) is 3.10. The molecule has 0 aliphatic carbocycles. The molecule has 0 aliphatic heterocycles. The van der Waals surface area contributed by atoms with E-state index in [9.17, 15) is 9.59 Å². The molecule has 6 heteroatoms. The summed E-state index contributed by atoms with van der Waals surface area (Å²) in [5, 5.41) is 2.88. The third kappa shape index (κ3) is 6.10. The summed E-state index contributed by atoms with van der Waals surface area (Å²) < 4.78 is 10.5. The van der Waals surface area contributed by atoms with Crippen LogP contribution in [0.5, 0.6) is 11.5 Å². The molecular formula is C18H28N2O4. The van der Waals surface area contributed by atoms with E-state index in [0.29, 0.717) is 36.2 Å². The summed E-state index contributed by atoms with van der Waals surface area (Å²) in [4.78, 5) is 25.4. The zero-order valence-corrected chi connectivity index (χ0v) is 15.2. The smallest absolute Gasteiger partial charge is 0.223 e. The van der Waals surface area contributed by atoms with Crippen molar-refractivity contribution in [3.63, 3.8) is 0 Å². The summed E-state index contributed by atoms with van der Waals surface area (Å²) in [5.74, 6) is 1.50. The van der Waals surface area contributed by atoms with Crippen molar-refractivity contribution in [2.75, 3.05) is 32.2 Å². The van der Waals surface area contributed by atoms with E-state index in [2.05, 4.69) is 19.2 Å². The van der Waals surface area contributed by atoms with Gasteiger partial charge >= 0.3 is 0 Å². The maximum Gasteiger partial charge on any atom is 0.223 e. The third-order valence-corrected chi connectivity index (χ3v) is 3.67. The number of ether oxygens (including phenoxy) is 2. The number of rotatable bonds is 9. The van der Waals surface area contributed by atoms with Crippen LogP contribution in [0.3, 0.4) is 0 Å². The van der Waals surface area contributed by atoms with Gasteiger partial charge in [0.05, 0.1) is 14.2 Å². The molecule has 0 unspecified atom stereocenters. The highest BCUT2D eigenvalue weighted by atomic mass is 16.5. The number of nitrogens with one attached hydrogen (secondary N) is 1. The second-order valence-corrected chi connectivity index (χ2v) is 5.99. The van der Waals surface area contributed by atoms with Gasteiger partial charge in [-0.2, -0.15) is 0 Å². The number of amides is 2. The molecule has 0 saturated carbocycles. The second-order valence-electron chi connectivity index (χ2n) is 5.99. The van der Waals surface area contributed by atoms with Gasteiger partial charge < -0.3 is 19.7 Å². The number of hydrogen-bond acceptors (Lipinski definition) is 4. The maximum absolute atomic E-state index is 11.9. The van der Waals surface area contributed by atoms with Crippen LogP contribution in [0, 0.1) is 5.92 Å². The average Bonchev–Trinajstić information content (AvgIpc) is 2.54. The summed E-state index contributed by atoms with van der Waals surface area (Å²) in [6.45, 7) is 6.68. The fraction of sp³-hybridized carbons (Fsp3) is 0.556. The van der Waals surface area contributed by atoms with Crippen molar-refractivity contribution in [1.29, 1.82) is 0 Å². The highest BCUT2D eigenvalue weighted by Gasteiger charge is 2.16. The molecule has 0 fully saturated rings. The second kappa shape index (κ2) is 9.80. The molecular weight excluding hydrogens is 308 g/mol. The molecule has 6 nitrogen and oxygen atoms in total. The van der Waals surface area contributed by atoms with Gasteiger partial charge in [0.25, 0.3) is 0 Å². The number of benzene rings is 1. The van der Waals surface area contributed by atoms with Gasteiger partial charge in [-0.05, 0) is 24.5 Å². The Morgan fingerprint density at radius 2 is 1.83 bits per heavy atom. The van der Waals surface area contributed by atoms with E-state index in [4.69, 9.17) is 9.47 Å². The molecule has 0 bridgehead atoms. The van der Waals surface area contributed by atoms with E-state index in [1.807, 2.05) is 0 Å². The molecule has 24 heavy (non-hydrogen) atoms. The van der Waals surface area contributed by atoms with Crippen LogP contribution in [0.4, 0.5) is 5.69 Å². The largest absolute Gasteiger partial charge is 0.493 e. The third-order valence-electron chi connectivity index (χ3n) is 3.67. The Morgan fingerprint density at radius 1 is 1.17 bits per heavy atom. The molecule has 134 valence electrons. The summed E-state index contributed by atoms with van der Waals surface area (Å²) in [6.07, 6.45) is 1.20. The van der Waals surface area contributed by atoms with Crippen LogP contribution in [0.2, 0.25) is 0 Å². The first-order chi connectivity index (χ1) is 11.4. The summed E-state index contributed by atoms with van der Waals surface area (Å²) in [5.41, 5.74) is 0.676. The molecule has 0 saturated heterocycles. The fourth-order valence-corrected chi connectivity index (χ4v) is 2.26. The molecule has 0 aromatic heterocycles. The lowest BCUT2D eigenvalue weighted by Crippen LogP contribution is -2.34. The predicted molar refractivity (Wildman–Crippen MR) is 94.7 cm³/mol. The normalized spacial score (nSPS) is 10.4. The molecule has 0 aliphatic rings. The number of carbonyl (C=O) groups is 2. The number of nitrogens with zero attached hydrogens (tertiary/aromatic N) is 1. The Morgan fingerprint density at radius 3 is 2.38 bits per heavy atom. The van der Waals surface area contributed by atoms with Crippen molar-refractivity contribution in [2.24, 2.45) is 5.92 Å². The topological polar surface area (TPSA) is 67.9 Å². The van der Waals surface area contributed by atoms with E-state index >= 15 is 0 Å². The Bertz CT molecular complexity index is 558. The molecule has 0 radical (unpaired) electrons. The van der Waals surface area contributed by atoms with E-state index in [1.165, 1.54) is 6.92 Å². The molecule has 0 spiro atoms. The minimum absolute atomic E-state index is 0.0534. The number of carbonyl (C=O) groups excluding carboxylic acids is 2. The summed E-state index contributed by atoms with van der Waals surface area (Å²) in [6, 6.07) is 5.25. The lowest BCUT2D eigenvalue weighted by atomic mass is 10.1. The monoisotopic (exact) mass is 336 g/mol. The first-order valence-electron chi connectivity index (χ1n) is 8.15. The first-order valence-corrected chi connectivity index (χ1v) is 8.15. The van der Waals surface area contributed by atoms with Gasteiger partial charge in [0.2, 0.25) is 11.8 Å². The van der Waals surface area contributed by atoms with Crippen molar-refractivity contribution in [3.8, 4) is 11.5 Å². The minimum Gasteiger partial charge on any atom is -0.493 e. The standard InChI is InChI=1S/C18H28N2O4/c1-13(2)8-10-19-18(22)9-11-20(14(3)21)15-6-7-16(23-4)17(12-15)24-5/h6-7,12-13H,8-11H2,1-5H3,(H,19,22). The molecule has 0 atom stereocenters. The van der Waals surface area contributed by atoms with Crippen molar-refractivity contribution >= 4 is 17.5 Å². The Hall–Kier alpha value is -2.24. The van der Waals surface area contributed by atoms with Gasteiger partial charge in [-0.25, -0.2) is 0 Å². The van der Waals surface area contributed by atoms with E-state index in [1.54, 1.807) is 37.3 Å². The van der Waals surface area contributed by atoms with Crippen LogP contribution in [0.15, 0.2) is 18.2 Å². The van der Waals surface area contributed by atoms with E-state index in [-0.39, 0.29) is 18.2 Å². The van der Waals surface area contributed by atoms with Gasteiger partial charge in [-0.15, -0.1) is 0 Å². The van der Waals surface area contributed by atoms with Gasteiger partial charge in [-0.1, -0.05) is 13.8 Å². The first kappa shape index (κ1) is 19.8. The molecule has 0 heterocycles. The number of methoxy groups -OCH3 is 2. The SMILES string of the molecule is COc1ccc(N(CCC(=O)NCCC(C)C)C(C)=O)cc1OC. The Labute approximate surface area is 144 Å². The predicted octanol–water partition coefficient (Wildman–Crippen LogP) is 2.61. The van der Waals surface area contributed by atoms with Crippen molar-refractivity contribution in [1.82, 2.24) is 5.32 Å². The minimum atomic E-state index is -0.128. The zero-order chi connectivity index (χ0) is 18.1. The van der Waals surface area contributed by atoms with Crippen LogP contribution >= 0.6 is 0 Å².